The van der Waals surface area contributed by atoms with Crippen LogP contribution in [-0.4, -0.2) is 22.9 Å². The fourth-order valence-electron chi connectivity index (χ4n) is 1.96. The summed E-state index contributed by atoms with van der Waals surface area (Å²) in [5.74, 6) is -3.01. The summed E-state index contributed by atoms with van der Waals surface area (Å²) < 4.78 is 32.2. The van der Waals surface area contributed by atoms with E-state index in [-0.39, 0.29) is 23.0 Å². The molecule has 0 bridgehead atoms. The topological polar surface area (TPSA) is 80.3 Å². The van der Waals surface area contributed by atoms with E-state index in [2.05, 4.69) is 15.6 Å². The van der Waals surface area contributed by atoms with E-state index in [0.717, 1.165) is 12.1 Å². The molecule has 0 radical (unpaired) electrons. The van der Waals surface area contributed by atoms with Crippen molar-refractivity contribution in [3.05, 3.63) is 47.7 Å². The Bertz CT molecular complexity index is 792. The van der Waals surface area contributed by atoms with Gasteiger partial charge in [-0.15, -0.1) is 0 Å². The minimum Gasteiger partial charge on any atom is -0.475 e. The summed E-state index contributed by atoms with van der Waals surface area (Å²) >= 11 is 0. The van der Waals surface area contributed by atoms with Crippen LogP contribution < -0.4 is 15.4 Å². The van der Waals surface area contributed by atoms with Gasteiger partial charge in [-0.1, -0.05) is 0 Å². The van der Waals surface area contributed by atoms with Gasteiger partial charge in [-0.3, -0.25) is 9.59 Å². The van der Waals surface area contributed by atoms with Crippen molar-refractivity contribution in [1.82, 2.24) is 4.98 Å². The van der Waals surface area contributed by atoms with Crippen LogP contribution in [-0.2, 0) is 4.79 Å². The summed E-state index contributed by atoms with van der Waals surface area (Å²) in [6.45, 7) is 4.90. The number of amides is 2. The summed E-state index contributed by atoms with van der Waals surface area (Å²) in [6, 6.07) is 4.60. The Labute approximate surface area is 143 Å². The molecule has 2 N–H and O–H groups in total. The Kier molecular flexibility index (Phi) is 5.63. The van der Waals surface area contributed by atoms with Crippen molar-refractivity contribution in [2.45, 2.75) is 26.9 Å². The van der Waals surface area contributed by atoms with Crippen LogP contribution in [0.15, 0.2) is 30.5 Å². The van der Waals surface area contributed by atoms with Crippen molar-refractivity contribution in [2.24, 2.45) is 0 Å². The van der Waals surface area contributed by atoms with Crippen LogP contribution in [0.5, 0.6) is 5.88 Å². The second-order valence-electron chi connectivity index (χ2n) is 5.50. The summed E-state index contributed by atoms with van der Waals surface area (Å²) in [5, 5.41) is 4.75. The molecular formula is C17H17F2N3O3. The molecule has 0 saturated carbocycles. The van der Waals surface area contributed by atoms with Gasteiger partial charge in [-0.2, -0.15) is 0 Å². The van der Waals surface area contributed by atoms with Gasteiger partial charge in [0.15, 0.2) is 11.6 Å². The highest BCUT2D eigenvalue weighted by Gasteiger charge is 2.15. The van der Waals surface area contributed by atoms with Crippen LogP contribution >= 0.6 is 0 Å². The molecular weight excluding hydrogens is 332 g/mol. The maximum atomic E-state index is 13.5. The highest BCUT2D eigenvalue weighted by molar-refractivity contribution is 6.07. The SMILES string of the molecule is CC(=O)Nc1cc(F)c(F)cc1NC(=O)c1ccc(OC(C)C)nc1. The molecule has 0 fully saturated rings. The second-order valence-corrected chi connectivity index (χ2v) is 5.50. The number of anilines is 2. The Morgan fingerprint density at radius 2 is 1.68 bits per heavy atom. The van der Waals surface area contributed by atoms with E-state index >= 15 is 0 Å². The normalized spacial score (nSPS) is 10.5. The van der Waals surface area contributed by atoms with E-state index in [1.165, 1.54) is 25.3 Å². The number of nitrogens with zero attached hydrogens (tertiary/aromatic N) is 1. The molecule has 6 nitrogen and oxygen atoms in total. The lowest BCUT2D eigenvalue weighted by Gasteiger charge is -2.13. The Balaban J connectivity index is 2.22. The van der Waals surface area contributed by atoms with E-state index < -0.39 is 23.4 Å². The van der Waals surface area contributed by atoms with Gasteiger partial charge in [0.05, 0.1) is 23.0 Å². The highest BCUT2D eigenvalue weighted by atomic mass is 19.2. The molecule has 2 aromatic rings. The Morgan fingerprint density at radius 3 is 2.16 bits per heavy atom. The maximum Gasteiger partial charge on any atom is 0.257 e. The molecule has 0 saturated heterocycles. The van der Waals surface area contributed by atoms with Crippen molar-refractivity contribution >= 4 is 23.2 Å². The van der Waals surface area contributed by atoms with Crippen molar-refractivity contribution < 1.29 is 23.1 Å². The molecule has 2 rings (SSSR count). The minimum atomic E-state index is -1.15. The van der Waals surface area contributed by atoms with Gasteiger partial charge in [-0.25, -0.2) is 13.8 Å². The molecule has 0 aliphatic heterocycles. The van der Waals surface area contributed by atoms with Crippen molar-refractivity contribution in [2.75, 3.05) is 10.6 Å². The number of carbonyl (C=O) groups is 2. The number of halogens is 2. The zero-order chi connectivity index (χ0) is 18.6. The van der Waals surface area contributed by atoms with Crippen LogP contribution in [0.1, 0.15) is 31.1 Å². The quantitative estimate of drug-likeness (QED) is 0.867. The molecule has 8 heteroatoms. The number of rotatable bonds is 5. The molecule has 0 aliphatic carbocycles. The van der Waals surface area contributed by atoms with Crippen LogP contribution in [0.25, 0.3) is 0 Å². The number of hydrogen-bond acceptors (Lipinski definition) is 4. The average Bonchev–Trinajstić information content (AvgIpc) is 2.51. The van der Waals surface area contributed by atoms with Crippen LogP contribution in [0.2, 0.25) is 0 Å². The number of ether oxygens (including phenoxy) is 1. The predicted octanol–water partition coefficient (Wildman–Crippen LogP) is 3.36. The fourth-order valence-corrected chi connectivity index (χ4v) is 1.96. The first-order valence-corrected chi connectivity index (χ1v) is 7.47. The van der Waals surface area contributed by atoms with Gasteiger partial charge in [0, 0.05) is 31.3 Å². The van der Waals surface area contributed by atoms with Gasteiger partial charge in [0.1, 0.15) is 0 Å². The molecule has 1 heterocycles. The van der Waals surface area contributed by atoms with E-state index in [0.29, 0.717) is 5.88 Å². The van der Waals surface area contributed by atoms with E-state index in [4.69, 9.17) is 4.74 Å². The Hall–Kier alpha value is -3.03. The first kappa shape index (κ1) is 18.3. The number of pyridine rings is 1. The first-order valence-electron chi connectivity index (χ1n) is 7.47. The molecule has 0 atom stereocenters. The lowest BCUT2D eigenvalue weighted by molar-refractivity contribution is -0.114. The van der Waals surface area contributed by atoms with Gasteiger partial charge in [0.2, 0.25) is 11.8 Å². The lowest BCUT2D eigenvalue weighted by atomic mass is 10.2. The van der Waals surface area contributed by atoms with E-state index in [9.17, 15) is 18.4 Å². The van der Waals surface area contributed by atoms with Gasteiger partial charge in [0.25, 0.3) is 5.91 Å². The largest absolute Gasteiger partial charge is 0.475 e. The first-order chi connectivity index (χ1) is 11.8. The molecule has 25 heavy (non-hydrogen) atoms. The third-order valence-electron chi connectivity index (χ3n) is 2.97. The summed E-state index contributed by atoms with van der Waals surface area (Å²) in [4.78, 5) is 27.4. The molecule has 132 valence electrons. The summed E-state index contributed by atoms with van der Waals surface area (Å²) in [5.41, 5.74) is 0.0729. The number of aromatic nitrogens is 1. The standard InChI is InChI=1S/C17H17F2N3O3/c1-9(2)25-16-5-4-11(8-20-16)17(24)22-15-7-13(19)12(18)6-14(15)21-10(3)23/h4-9H,1-3H3,(H,21,23)(H,22,24). The number of benzene rings is 1. The van der Waals surface area contributed by atoms with Crippen molar-refractivity contribution in [3.8, 4) is 5.88 Å². The molecule has 2 amide bonds. The number of nitrogens with one attached hydrogen (secondary N) is 2. The van der Waals surface area contributed by atoms with Crippen molar-refractivity contribution in [3.63, 3.8) is 0 Å². The van der Waals surface area contributed by atoms with Crippen molar-refractivity contribution in [1.29, 1.82) is 0 Å². The molecule has 0 aliphatic rings. The monoisotopic (exact) mass is 349 g/mol. The third-order valence-corrected chi connectivity index (χ3v) is 2.97. The Morgan fingerprint density at radius 1 is 1.08 bits per heavy atom. The molecule has 1 aromatic carbocycles. The number of carbonyl (C=O) groups excluding carboxylic acids is 2. The number of hydrogen-bond donors (Lipinski definition) is 2. The van der Waals surface area contributed by atoms with Gasteiger partial charge < -0.3 is 15.4 Å². The average molecular weight is 349 g/mol. The lowest BCUT2D eigenvalue weighted by Crippen LogP contribution is -2.16. The highest BCUT2D eigenvalue weighted by Crippen LogP contribution is 2.26. The predicted molar refractivity (Wildman–Crippen MR) is 88.6 cm³/mol. The molecule has 0 unspecified atom stereocenters. The third kappa shape index (κ3) is 4.97. The smallest absolute Gasteiger partial charge is 0.257 e. The van der Waals surface area contributed by atoms with Crippen LogP contribution in [0.3, 0.4) is 0 Å². The summed E-state index contributed by atoms with van der Waals surface area (Å²) in [6.07, 6.45) is 1.24. The zero-order valence-corrected chi connectivity index (χ0v) is 13.9. The van der Waals surface area contributed by atoms with E-state index in [1.807, 2.05) is 13.8 Å². The van der Waals surface area contributed by atoms with Crippen LogP contribution in [0.4, 0.5) is 20.2 Å². The summed E-state index contributed by atoms with van der Waals surface area (Å²) in [7, 11) is 0. The fraction of sp³-hybridized carbons (Fsp3) is 0.235. The van der Waals surface area contributed by atoms with Gasteiger partial charge >= 0.3 is 0 Å². The van der Waals surface area contributed by atoms with Crippen LogP contribution in [0, 0.1) is 11.6 Å². The maximum absolute atomic E-state index is 13.5. The zero-order valence-electron chi connectivity index (χ0n) is 13.9. The molecule has 0 spiro atoms. The molecule has 1 aromatic heterocycles. The van der Waals surface area contributed by atoms with E-state index in [1.54, 1.807) is 0 Å². The second kappa shape index (κ2) is 7.69. The van der Waals surface area contributed by atoms with Gasteiger partial charge in [-0.05, 0) is 19.9 Å². The minimum absolute atomic E-state index is 0.0486.